The SMILES string of the molecule is CC[Si](CC)(CC)OC12CC=C(C)C1=CCCC2. The first-order chi connectivity index (χ1) is 8.61. The zero-order valence-corrected chi connectivity index (χ0v) is 13.5. The standard InChI is InChI=1S/C16H28OSi/c1-5-18(6-2,7-3)17-16-12-9-8-10-15(16)14(4)11-13-16/h10-11H,5-9,12-13H2,1-4H3. The molecule has 0 bridgehead atoms. The highest BCUT2D eigenvalue weighted by Crippen LogP contribution is 2.47. The number of hydrogen-bond acceptors (Lipinski definition) is 1. The molecule has 102 valence electrons. The van der Waals surface area contributed by atoms with E-state index in [0.717, 1.165) is 6.42 Å². The Morgan fingerprint density at radius 3 is 2.44 bits per heavy atom. The summed E-state index contributed by atoms with van der Waals surface area (Å²) in [6, 6.07) is 3.77. The first-order valence-corrected chi connectivity index (χ1v) is 10.2. The second kappa shape index (κ2) is 5.34. The zero-order valence-electron chi connectivity index (χ0n) is 12.5. The minimum Gasteiger partial charge on any atom is -0.407 e. The maximum atomic E-state index is 6.93. The smallest absolute Gasteiger partial charge is 0.193 e. The van der Waals surface area contributed by atoms with Gasteiger partial charge in [-0.05, 0) is 61.9 Å². The first kappa shape index (κ1) is 14.1. The molecule has 0 fully saturated rings. The molecular weight excluding hydrogens is 236 g/mol. The average Bonchev–Trinajstić information content (AvgIpc) is 2.74. The Balaban J connectivity index is 2.26. The molecule has 1 unspecified atom stereocenters. The Morgan fingerprint density at radius 2 is 1.83 bits per heavy atom. The highest BCUT2D eigenvalue weighted by atomic mass is 28.4. The van der Waals surface area contributed by atoms with E-state index in [1.54, 1.807) is 0 Å². The summed E-state index contributed by atoms with van der Waals surface area (Å²) in [4.78, 5) is 0. The fraction of sp³-hybridized carbons (Fsp3) is 0.750. The molecule has 2 aliphatic carbocycles. The molecule has 0 N–H and O–H groups in total. The van der Waals surface area contributed by atoms with Crippen molar-refractivity contribution in [2.45, 2.75) is 77.1 Å². The summed E-state index contributed by atoms with van der Waals surface area (Å²) in [5.74, 6) is 0. The molecule has 0 aromatic heterocycles. The van der Waals surface area contributed by atoms with Gasteiger partial charge in [0.25, 0.3) is 0 Å². The van der Waals surface area contributed by atoms with Crippen LogP contribution >= 0.6 is 0 Å². The van der Waals surface area contributed by atoms with Crippen LogP contribution in [0.5, 0.6) is 0 Å². The molecule has 0 aromatic carbocycles. The summed E-state index contributed by atoms with van der Waals surface area (Å²) in [7, 11) is -1.50. The predicted molar refractivity (Wildman–Crippen MR) is 81.3 cm³/mol. The molecule has 0 spiro atoms. The van der Waals surface area contributed by atoms with Gasteiger partial charge in [-0.15, -0.1) is 0 Å². The van der Waals surface area contributed by atoms with Crippen molar-refractivity contribution in [1.82, 2.24) is 0 Å². The third kappa shape index (κ3) is 2.25. The number of rotatable bonds is 5. The normalized spacial score (nSPS) is 27.8. The quantitative estimate of drug-likeness (QED) is 0.620. The lowest BCUT2D eigenvalue weighted by atomic mass is 9.83. The lowest BCUT2D eigenvalue weighted by Gasteiger charge is -2.43. The van der Waals surface area contributed by atoms with Crippen LogP contribution in [0.1, 0.15) is 53.4 Å². The van der Waals surface area contributed by atoms with E-state index >= 15 is 0 Å². The van der Waals surface area contributed by atoms with Crippen LogP contribution in [0.2, 0.25) is 18.1 Å². The molecule has 1 nitrogen and oxygen atoms in total. The van der Waals surface area contributed by atoms with Crippen molar-refractivity contribution in [1.29, 1.82) is 0 Å². The van der Waals surface area contributed by atoms with E-state index in [9.17, 15) is 0 Å². The predicted octanol–water partition coefficient (Wildman–Crippen LogP) is 5.21. The van der Waals surface area contributed by atoms with Crippen molar-refractivity contribution in [2.24, 2.45) is 0 Å². The maximum Gasteiger partial charge on any atom is 0.193 e. The van der Waals surface area contributed by atoms with Crippen LogP contribution < -0.4 is 0 Å². The molecule has 2 heteroatoms. The molecule has 0 radical (unpaired) electrons. The van der Waals surface area contributed by atoms with Gasteiger partial charge in [0.1, 0.15) is 0 Å². The van der Waals surface area contributed by atoms with E-state index < -0.39 is 8.32 Å². The van der Waals surface area contributed by atoms with Crippen molar-refractivity contribution in [3.8, 4) is 0 Å². The van der Waals surface area contributed by atoms with E-state index in [0.29, 0.717) is 0 Å². The fourth-order valence-electron chi connectivity index (χ4n) is 3.64. The Morgan fingerprint density at radius 1 is 1.17 bits per heavy atom. The topological polar surface area (TPSA) is 9.23 Å². The van der Waals surface area contributed by atoms with Gasteiger partial charge in [-0.2, -0.15) is 0 Å². The van der Waals surface area contributed by atoms with Crippen LogP contribution in [0, 0.1) is 0 Å². The van der Waals surface area contributed by atoms with Crippen LogP contribution in [0.15, 0.2) is 23.3 Å². The summed E-state index contributed by atoms with van der Waals surface area (Å²) < 4.78 is 6.93. The monoisotopic (exact) mass is 264 g/mol. The Labute approximate surface area is 113 Å². The van der Waals surface area contributed by atoms with E-state index in [4.69, 9.17) is 4.43 Å². The van der Waals surface area contributed by atoms with Crippen LogP contribution in [-0.4, -0.2) is 13.9 Å². The molecule has 0 aliphatic heterocycles. The van der Waals surface area contributed by atoms with E-state index in [2.05, 4.69) is 39.8 Å². The highest BCUT2D eigenvalue weighted by molar-refractivity contribution is 6.73. The molecule has 0 saturated heterocycles. The highest BCUT2D eigenvalue weighted by Gasteiger charge is 2.45. The van der Waals surface area contributed by atoms with Crippen LogP contribution in [0.25, 0.3) is 0 Å². The second-order valence-corrected chi connectivity index (χ2v) is 10.6. The van der Waals surface area contributed by atoms with Crippen molar-refractivity contribution in [2.75, 3.05) is 0 Å². The van der Waals surface area contributed by atoms with Gasteiger partial charge in [0.05, 0.1) is 5.60 Å². The molecule has 0 amide bonds. The van der Waals surface area contributed by atoms with Crippen LogP contribution in [0.3, 0.4) is 0 Å². The van der Waals surface area contributed by atoms with Crippen LogP contribution in [-0.2, 0) is 4.43 Å². The van der Waals surface area contributed by atoms with Gasteiger partial charge in [-0.3, -0.25) is 0 Å². The lowest BCUT2D eigenvalue weighted by molar-refractivity contribution is 0.0879. The van der Waals surface area contributed by atoms with Gasteiger partial charge < -0.3 is 4.43 Å². The van der Waals surface area contributed by atoms with E-state index in [1.165, 1.54) is 48.5 Å². The molecule has 18 heavy (non-hydrogen) atoms. The molecular formula is C16H28OSi. The summed E-state index contributed by atoms with van der Waals surface area (Å²) in [6.45, 7) is 9.25. The molecule has 1 atom stereocenters. The van der Waals surface area contributed by atoms with Gasteiger partial charge in [0.15, 0.2) is 8.32 Å². The summed E-state index contributed by atoms with van der Waals surface area (Å²) in [6.07, 6.45) is 9.75. The summed E-state index contributed by atoms with van der Waals surface area (Å²) in [5.41, 5.74) is 3.08. The van der Waals surface area contributed by atoms with Crippen molar-refractivity contribution in [3.05, 3.63) is 23.3 Å². The molecule has 0 saturated carbocycles. The van der Waals surface area contributed by atoms with Gasteiger partial charge in [0.2, 0.25) is 0 Å². The fourth-order valence-corrected chi connectivity index (χ4v) is 6.70. The molecule has 0 heterocycles. The minimum atomic E-state index is -1.50. The van der Waals surface area contributed by atoms with Gasteiger partial charge in [0, 0.05) is 0 Å². The summed E-state index contributed by atoms with van der Waals surface area (Å²) >= 11 is 0. The largest absolute Gasteiger partial charge is 0.407 e. The van der Waals surface area contributed by atoms with Gasteiger partial charge >= 0.3 is 0 Å². The van der Waals surface area contributed by atoms with E-state index in [1.807, 2.05) is 0 Å². The molecule has 0 aromatic rings. The van der Waals surface area contributed by atoms with Gasteiger partial charge in [-0.1, -0.05) is 32.9 Å². The zero-order chi connectivity index (χ0) is 13.2. The second-order valence-electron chi connectivity index (χ2n) is 5.94. The Kier molecular flexibility index (Phi) is 4.17. The number of fused-ring (bicyclic) bond motifs is 1. The minimum absolute atomic E-state index is 0.0799. The van der Waals surface area contributed by atoms with Crippen molar-refractivity contribution >= 4 is 8.32 Å². The maximum absolute atomic E-state index is 6.93. The Bertz CT molecular complexity index is 357. The van der Waals surface area contributed by atoms with Crippen molar-refractivity contribution < 1.29 is 4.43 Å². The first-order valence-electron chi connectivity index (χ1n) is 7.69. The molecule has 2 aliphatic rings. The number of hydrogen-bond donors (Lipinski definition) is 0. The van der Waals surface area contributed by atoms with Gasteiger partial charge in [-0.25, -0.2) is 0 Å². The average molecular weight is 264 g/mol. The van der Waals surface area contributed by atoms with E-state index in [-0.39, 0.29) is 5.60 Å². The molecule has 2 rings (SSSR count). The summed E-state index contributed by atoms with van der Waals surface area (Å²) in [5, 5.41) is 0. The lowest BCUT2D eigenvalue weighted by Crippen LogP contribution is -2.48. The third-order valence-electron chi connectivity index (χ3n) is 5.13. The van der Waals surface area contributed by atoms with Crippen molar-refractivity contribution in [3.63, 3.8) is 0 Å². The third-order valence-corrected chi connectivity index (χ3v) is 9.82. The van der Waals surface area contributed by atoms with Crippen LogP contribution in [0.4, 0.5) is 0 Å². The number of allylic oxidation sites excluding steroid dienone is 1. The Hall–Kier alpha value is -0.343.